The summed E-state index contributed by atoms with van der Waals surface area (Å²) in [6.07, 6.45) is 5.99. The highest BCUT2D eigenvalue weighted by Crippen LogP contribution is 2.32. The highest BCUT2D eigenvalue weighted by atomic mass is 16.2. The van der Waals surface area contributed by atoms with Gasteiger partial charge in [-0.3, -0.25) is 4.79 Å². The van der Waals surface area contributed by atoms with Gasteiger partial charge in [0.15, 0.2) is 0 Å². The first kappa shape index (κ1) is 21.3. The summed E-state index contributed by atoms with van der Waals surface area (Å²) in [6.45, 7) is 9.12. The van der Waals surface area contributed by atoms with Crippen molar-refractivity contribution in [2.75, 3.05) is 56.5 Å². The number of likely N-dealkylation sites (tertiary alicyclic amines) is 1. The van der Waals surface area contributed by atoms with Gasteiger partial charge in [-0.1, -0.05) is 24.8 Å². The second-order valence-electron chi connectivity index (χ2n) is 8.77. The minimum absolute atomic E-state index is 0.0118. The summed E-state index contributed by atoms with van der Waals surface area (Å²) in [4.78, 5) is 32.5. The Balaban J connectivity index is 1.34. The van der Waals surface area contributed by atoms with Crippen molar-refractivity contribution in [3.63, 3.8) is 0 Å². The van der Waals surface area contributed by atoms with Crippen molar-refractivity contribution in [2.24, 2.45) is 0 Å². The van der Waals surface area contributed by atoms with E-state index in [9.17, 15) is 4.79 Å². The number of aromatic nitrogens is 3. The molecule has 2 aliphatic rings. The number of carbonyl (C=O) groups is 1. The number of anilines is 3. The Morgan fingerprint density at radius 1 is 1.09 bits per heavy atom. The topological polar surface area (TPSA) is 77.5 Å². The van der Waals surface area contributed by atoms with Crippen molar-refractivity contribution >= 4 is 34.3 Å². The van der Waals surface area contributed by atoms with Crippen molar-refractivity contribution < 1.29 is 4.79 Å². The minimum Gasteiger partial charge on any atom is -0.354 e. The maximum Gasteiger partial charge on any atom is 0.245 e. The molecule has 8 heteroatoms. The molecule has 2 saturated heterocycles. The molecule has 0 bridgehead atoms. The number of rotatable bonds is 5. The number of piperazine rings is 1. The zero-order chi connectivity index (χ0) is 22.8. The lowest BCUT2D eigenvalue weighted by molar-refractivity contribution is -0.125. The van der Waals surface area contributed by atoms with Gasteiger partial charge in [-0.2, -0.15) is 0 Å². The van der Waals surface area contributed by atoms with Crippen molar-refractivity contribution in [3.8, 4) is 0 Å². The predicted molar refractivity (Wildman–Crippen MR) is 131 cm³/mol. The number of para-hydroxylation sites is 1. The molecule has 2 aliphatic heterocycles. The van der Waals surface area contributed by atoms with E-state index in [2.05, 4.69) is 44.8 Å². The molecule has 1 amide bonds. The number of likely N-dealkylation sites (N-methyl/N-ethyl adjacent to an activating group) is 1. The highest BCUT2D eigenvalue weighted by molar-refractivity contribution is 5.87. The number of pyridine rings is 1. The number of nitrogens with one attached hydrogen (secondary N) is 1. The van der Waals surface area contributed by atoms with E-state index in [0.29, 0.717) is 12.5 Å². The summed E-state index contributed by atoms with van der Waals surface area (Å²) in [7, 11) is 2.15. The molecule has 0 aliphatic carbocycles. The second-order valence-corrected chi connectivity index (χ2v) is 8.77. The van der Waals surface area contributed by atoms with E-state index in [1.54, 1.807) is 0 Å². The van der Waals surface area contributed by atoms with E-state index < -0.39 is 0 Å². The summed E-state index contributed by atoms with van der Waals surface area (Å²) in [5.41, 5.74) is 2.93. The maximum atomic E-state index is 12.0. The average Bonchev–Trinajstić information content (AvgIpc) is 3.34. The number of carbonyl (C=O) groups excluding carboxylic acids is 1. The van der Waals surface area contributed by atoms with Crippen LogP contribution in [0.3, 0.4) is 0 Å². The lowest BCUT2D eigenvalue weighted by Gasteiger charge is -2.33. The lowest BCUT2D eigenvalue weighted by atomic mass is 9.96. The van der Waals surface area contributed by atoms with Gasteiger partial charge in [0.05, 0.1) is 17.4 Å². The normalized spacial score (nSPS) is 19.1. The van der Waals surface area contributed by atoms with Gasteiger partial charge in [0.2, 0.25) is 11.9 Å². The highest BCUT2D eigenvalue weighted by Gasteiger charge is 2.27. The van der Waals surface area contributed by atoms with Crippen LogP contribution in [0.1, 0.15) is 17.9 Å². The van der Waals surface area contributed by atoms with Crippen LogP contribution in [0, 0.1) is 0 Å². The smallest absolute Gasteiger partial charge is 0.245 e. The van der Waals surface area contributed by atoms with E-state index >= 15 is 0 Å². The van der Waals surface area contributed by atoms with Crippen LogP contribution in [0.4, 0.5) is 17.5 Å². The first-order valence-electron chi connectivity index (χ1n) is 11.4. The largest absolute Gasteiger partial charge is 0.354 e. The molecule has 2 fully saturated rings. The van der Waals surface area contributed by atoms with Crippen molar-refractivity contribution in [1.82, 2.24) is 24.8 Å². The molecule has 5 rings (SSSR count). The van der Waals surface area contributed by atoms with E-state index in [1.807, 2.05) is 41.6 Å². The Morgan fingerprint density at radius 3 is 2.70 bits per heavy atom. The molecule has 1 N–H and O–H groups in total. The Morgan fingerprint density at radius 2 is 1.94 bits per heavy atom. The van der Waals surface area contributed by atoms with Crippen LogP contribution in [-0.2, 0) is 4.79 Å². The fraction of sp³-hybridized carbons (Fsp3) is 0.360. The van der Waals surface area contributed by atoms with Crippen LogP contribution in [0.15, 0.2) is 55.4 Å². The zero-order valence-corrected chi connectivity index (χ0v) is 18.9. The first-order valence-corrected chi connectivity index (χ1v) is 11.4. The number of hydrogen-bond acceptors (Lipinski definition) is 7. The van der Waals surface area contributed by atoms with Gasteiger partial charge < -0.3 is 20.0 Å². The van der Waals surface area contributed by atoms with Crippen LogP contribution in [-0.4, -0.2) is 77.0 Å². The summed E-state index contributed by atoms with van der Waals surface area (Å²) in [5, 5.41) is 4.29. The Bertz CT molecular complexity index is 1160. The second kappa shape index (κ2) is 9.15. The third-order valence-corrected chi connectivity index (χ3v) is 6.59. The fourth-order valence-corrected chi connectivity index (χ4v) is 4.62. The number of amides is 1. The van der Waals surface area contributed by atoms with Crippen molar-refractivity contribution in [2.45, 2.75) is 12.3 Å². The number of hydrogen-bond donors (Lipinski definition) is 1. The molecule has 0 radical (unpaired) electrons. The molecule has 0 saturated carbocycles. The Labute approximate surface area is 193 Å². The SMILES string of the molecule is C=CC(=O)N1CC[C@H](c2cccc3cnc(Nc4ccc(N5CCN(C)CC5)nc4)nc23)C1. The van der Waals surface area contributed by atoms with Gasteiger partial charge in [0.1, 0.15) is 5.82 Å². The van der Waals surface area contributed by atoms with Gasteiger partial charge >= 0.3 is 0 Å². The van der Waals surface area contributed by atoms with E-state index in [1.165, 1.54) is 6.08 Å². The monoisotopic (exact) mass is 443 g/mol. The molecule has 33 heavy (non-hydrogen) atoms. The zero-order valence-electron chi connectivity index (χ0n) is 18.9. The van der Waals surface area contributed by atoms with Crippen LogP contribution in [0.5, 0.6) is 0 Å². The average molecular weight is 444 g/mol. The molecular formula is C25H29N7O. The third kappa shape index (κ3) is 4.52. The van der Waals surface area contributed by atoms with Crippen LogP contribution < -0.4 is 10.2 Å². The first-order chi connectivity index (χ1) is 16.1. The number of nitrogens with zero attached hydrogens (tertiary/aromatic N) is 6. The van der Waals surface area contributed by atoms with Crippen molar-refractivity contribution in [3.05, 3.63) is 60.9 Å². The minimum atomic E-state index is -0.0118. The van der Waals surface area contributed by atoms with E-state index in [4.69, 9.17) is 4.98 Å². The van der Waals surface area contributed by atoms with Crippen molar-refractivity contribution in [1.29, 1.82) is 0 Å². The van der Waals surface area contributed by atoms with E-state index in [0.717, 1.165) is 67.1 Å². The van der Waals surface area contributed by atoms with Gasteiger partial charge in [0, 0.05) is 56.8 Å². The van der Waals surface area contributed by atoms with E-state index in [-0.39, 0.29) is 11.8 Å². The molecule has 0 unspecified atom stereocenters. The summed E-state index contributed by atoms with van der Waals surface area (Å²) in [6, 6.07) is 10.2. The summed E-state index contributed by atoms with van der Waals surface area (Å²) < 4.78 is 0. The van der Waals surface area contributed by atoms with Gasteiger partial charge in [-0.05, 0) is 37.2 Å². The molecule has 170 valence electrons. The molecule has 1 aromatic carbocycles. The molecule has 8 nitrogen and oxygen atoms in total. The molecule has 0 spiro atoms. The standard InChI is InChI=1S/C25H29N7O/c1-3-23(33)32-10-9-19(17-32)21-6-4-5-18-15-27-25(29-24(18)21)28-20-7-8-22(26-16-20)31-13-11-30(2)12-14-31/h3-8,15-16,19H,1,9-14,17H2,2H3,(H,27,28,29)/t19-/m0/s1. The third-order valence-electron chi connectivity index (χ3n) is 6.59. The summed E-state index contributed by atoms with van der Waals surface area (Å²) >= 11 is 0. The Kier molecular flexibility index (Phi) is 5.92. The Hall–Kier alpha value is -3.52. The fourth-order valence-electron chi connectivity index (χ4n) is 4.62. The van der Waals surface area contributed by atoms with Crippen LogP contribution in [0.2, 0.25) is 0 Å². The molecule has 2 aromatic heterocycles. The maximum absolute atomic E-state index is 12.0. The van der Waals surface area contributed by atoms with Crippen LogP contribution in [0.25, 0.3) is 10.9 Å². The lowest BCUT2D eigenvalue weighted by Crippen LogP contribution is -2.44. The summed E-state index contributed by atoms with van der Waals surface area (Å²) in [5.74, 6) is 1.78. The van der Waals surface area contributed by atoms with Gasteiger partial charge in [0.25, 0.3) is 0 Å². The number of benzene rings is 1. The molecular weight excluding hydrogens is 414 g/mol. The number of fused-ring (bicyclic) bond motifs is 1. The molecule has 4 heterocycles. The van der Waals surface area contributed by atoms with Gasteiger partial charge in [-0.25, -0.2) is 15.0 Å². The van der Waals surface area contributed by atoms with Crippen LogP contribution >= 0.6 is 0 Å². The quantitative estimate of drug-likeness (QED) is 0.608. The predicted octanol–water partition coefficient (Wildman–Crippen LogP) is 3.02. The van der Waals surface area contributed by atoms with Gasteiger partial charge in [-0.15, -0.1) is 0 Å². The molecule has 1 atom stereocenters. The molecule has 3 aromatic rings.